The number of ether oxygens (including phenoxy) is 1. The van der Waals surface area contributed by atoms with Crippen LogP contribution in [0.25, 0.3) is 9.75 Å². The fraction of sp³-hybridized carbons (Fsp3) is 0.250. The van der Waals surface area contributed by atoms with Crippen molar-refractivity contribution in [3.8, 4) is 9.75 Å². The lowest BCUT2D eigenvalue weighted by molar-refractivity contribution is 0.0533. The predicted octanol–water partition coefficient (Wildman–Crippen LogP) is 4.20. The Morgan fingerprint density at radius 3 is 2.83 bits per heavy atom. The molecule has 0 aliphatic carbocycles. The molecule has 0 aromatic carbocycles. The van der Waals surface area contributed by atoms with Gasteiger partial charge in [-0.05, 0) is 30.9 Å². The van der Waals surface area contributed by atoms with Crippen molar-refractivity contribution in [3.63, 3.8) is 0 Å². The molecule has 0 radical (unpaired) electrons. The molecule has 0 bridgehead atoms. The molecule has 2 N–H and O–H groups in total. The minimum Gasteiger partial charge on any atom is -0.462 e. The van der Waals surface area contributed by atoms with Crippen LogP contribution in [0.15, 0.2) is 11.4 Å². The Morgan fingerprint density at radius 2 is 2.28 bits per heavy atom. The SMILES string of the molecule is CCOC(=O)c1sc(-c2scc(C)c2Cl)cc1N. The Balaban J connectivity index is 2.40. The maximum absolute atomic E-state index is 11.7. The molecule has 0 atom stereocenters. The van der Waals surface area contributed by atoms with Crippen LogP contribution in [0.1, 0.15) is 22.2 Å². The van der Waals surface area contributed by atoms with Gasteiger partial charge in [0.2, 0.25) is 0 Å². The highest BCUT2D eigenvalue weighted by Crippen LogP contribution is 2.42. The molecule has 0 aliphatic rings. The Morgan fingerprint density at radius 1 is 1.56 bits per heavy atom. The van der Waals surface area contributed by atoms with Gasteiger partial charge in [0.1, 0.15) is 4.88 Å². The molecule has 6 heteroatoms. The van der Waals surface area contributed by atoms with E-state index in [1.54, 1.807) is 24.3 Å². The number of hydrogen-bond acceptors (Lipinski definition) is 5. The first kappa shape index (κ1) is 13.4. The van der Waals surface area contributed by atoms with Gasteiger partial charge in [-0.25, -0.2) is 4.79 Å². The zero-order valence-electron chi connectivity index (χ0n) is 9.95. The normalized spacial score (nSPS) is 10.6. The highest BCUT2D eigenvalue weighted by Gasteiger charge is 2.18. The zero-order valence-corrected chi connectivity index (χ0v) is 12.3. The number of carbonyl (C=O) groups is 1. The van der Waals surface area contributed by atoms with E-state index in [-0.39, 0.29) is 5.97 Å². The molecule has 0 amide bonds. The van der Waals surface area contributed by atoms with Crippen LogP contribution in [-0.4, -0.2) is 12.6 Å². The molecule has 0 saturated carbocycles. The monoisotopic (exact) mass is 301 g/mol. The van der Waals surface area contributed by atoms with Crippen LogP contribution in [0.2, 0.25) is 5.02 Å². The summed E-state index contributed by atoms with van der Waals surface area (Å²) in [5.74, 6) is -0.379. The summed E-state index contributed by atoms with van der Waals surface area (Å²) in [5, 5.41) is 2.70. The Hall–Kier alpha value is -1.04. The van der Waals surface area contributed by atoms with E-state index in [2.05, 4.69) is 0 Å². The van der Waals surface area contributed by atoms with Crippen LogP contribution in [0.5, 0.6) is 0 Å². The number of hydrogen-bond donors (Lipinski definition) is 1. The molecule has 0 saturated heterocycles. The molecule has 0 spiro atoms. The quantitative estimate of drug-likeness (QED) is 0.865. The van der Waals surface area contributed by atoms with E-state index in [4.69, 9.17) is 22.1 Å². The Kier molecular flexibility index (Phi) is 3.94. The Labute approximate surface area is 118 Å². The maximum atomic E-state index is 11.7. The Bertz CT molecular complexity index is 589. The summed E-state index contributed by atoms with van der Waals surface area (Å²) in [6.07, 6.45) is 0. The fourth-order valence-electron chi connectivity index (χ4n) is 1.47. The minimum atomic E-state index is -0.379. The maximum Gasteiger partial charge on any atom is 0.350 e. The number of rotatable bonds is 3. The number of nitrogens with two attached hydrogens (primary N) is 1. The fourth-order valence-corrected chi connectivity index (χ4v) is 3.92. The zero-order chi connectivity index (χ0) is 13.3. The average molecular weight is 302 g/mol. The van der Waals surface area contributed by atoms with Gasteiger partial charge in [-0.2, -0.15) is 0 Å². The number of carbonyl (C=O) groups excluding carboxylic acids is 1. The van der Waals surface area contributed by atoms with Crippen molar-refractivity contribution >= 4 is 45.9 Å². The van der Waals surface area contributed by atoms with Crippen LogP contribution in [0.4, 0.5) is 5.69 Å². The third-order valence-electron chi connectivity index (χ3n) is 2.34. The molecule has 0 aliphatic heterocycles. The molecule has 96 valence electrons. The smallest absolute Gasteiger partial charge is 0.350 e. The highest BCUT2D eigenvalue weighted by molar-refractivity contribution is 7.23. The number of thiophene rings is 2. The van der Waals surface area contributed by atoms with Gasteiger partial charge in [0.05, 0.1) is 22.2 Å². The number of nitrogen functional groups attached to an aromatic ring is 1. The summed E-state index contributed by atoms with van der Waals surface area (Å²) in [6, 6.07) is 1.77. The third kappa shape index (κ3) is 2.39. The average Bonchev–Trinajstić information content (AvgIpc) is 2.85. The lowest BCUT2D eigenvalue weighted by Crippen LogP contribution is -2.04. The van der Waals surface area contributed by atoms with Crippen LogP contribution >= 0.6 is 34.3 Å². The lowest BCUT2D eigenvalue weighted by atomic mass is 10.3. The van der Waals surface area contributed by atoms with E-state index in [0.29, 0.717) is 17.2 Å². The topological polar surface area (TPSA) is 52.3 Å². The lowest BCUT2D eigenvalue weighted by Gasteiger charge is -1.98. The molecule has 2 rings (SSSR count). The van der Waals surface area contributed by atoms with Crippen LogP contribution in [0, 0.1) is 6.92 Å². The van der Waals surface area contributed by atoms with Crippen molar-refractivity contribution in [2.24, 2.45) is 0 Å². The first-order valence-corrected chi connectivity index (χ1v) is 7.42. The standard InChI is InChI=1S/C12H12ClNO2S2/c1-3-16-12(15)10-7(14)4-8(18-10)11-9(13)6(2)5-17-11/h4-5H,3,14H2,1-2H3. The van der Waals surface area contributed by atoms with Gasteiger partial charge in [-0.15, -0.1) is 22.7 Å². The minimum absolute atomic E-state index is 0.338. The van der Waals surface area contributed by atoms with Gasteiger partial charge >= 0.3 is 5.97 Å². The molecular formula is C12H12ClNO2S2. The van der Waals surface area contributed by atoms with E-state index < -0.39 is 0 Å². The largest absolute Gasteiger partial charge is 0.462 e. The van der Waals surface area contributed by atoms with Crippen molar-refractivity contribution in [3.05, 3.63) is 26.9 Å². The first-order chi connectivity index (χ1) is 8.54. The molecule has 0 unspecified atom stereocenters. The summed E-state index contributed by atoms with van der Waals surface area (Å²) in [5.41, 5.74) is 7.31. The summed E-state index contributed by atoms with van der Waals surface area (Å²) >= 11 is 9.07. The van der Waals surface area contributed by atoms with Crippen molar-refractivity contribution in [1.82, 2.24) is 0 Å². The summed E-state index contributed by atoms with van der Waals surface area (Å²) in [7, 11) is 0. The van der Waals surface area contributed by atoms with Gasteiger partial charge in [0, 0.05) is 4.88 Å². The van der Waals surface area contributed by atoms with Gasteiger partial charge in [-0.1, -0.05) is 11.6 Å². The van der Waals surface area contributed by atoms with Gasteiger partial charge in [0.25, 0.3) is 0 Å². The van der Waals surface area contributed by atoms with Crippen LogP contribution in [-0.2, 0) is 4.74 Å². The van der Waals surface area contributed by atoms with Gasteiger partial charge < -0.3 is 10.5 Å². The van der Waals surface area contributed by atoms with E-state index in [0.717, 1.165) is 20.3 Å². The molecule has 0 fully saturated rings. The van der Waals surface area contributed by atoms with E-state index in [9.17, 15) is 4.79 Å². The second kappa shape index (κ2) is 5.30. The molecule has 2 heterocycles. The second-order valence-electron chi connectivity index (χ2n) is 3.68. The molecule has 18 heavy (non-hydrogen) atoms. The second-order valence-corrected chi connectivity index (χ2v) is 5.99. The summed E-state index contributed by atoms with van der Waals surface area (Å²) in [4.78, 5) is 14.0. The summed E-state index contributed by atoms with van der Waals surface area (Å²) < 4.78 is 4.96. The summed E-state index contributed by atoms with van der Waals surface area (Å²) in [6.45, 7) is 4.05. The third-order valence-corrected chi connectivity index (χ3v) is 5.35. The van der Waals surface area contributed by atoms with Crippen molar-refractivity contribution in [2.45, 2.75) is 13.8 Å². The van der Waals surface area contributed by atoms with Gasteiger partial charge in [0.15, 0.2) is 0 Å². The first-order valence-electron chi connectivity index (χ1n) is 5.35. The van der Waals surface area contributed by atoms with Crippen LogP contribution < -0.4 is 5.73 Å². The number of halogens is 1. The van der Waals surface area contributed by atoms with Gasteiger partial charge in [-0.3, -0.25) is 0 Å². The molecule has 2 aromatic heterocycles. The van der Waals surface area contributed by atoms with E-state index in [1.165, 1.54) is 11.3 Å². The van der Waals surface area contributed by atoms with E-state index >= 15 is 0 Å². The molecule has 3 nitrogen and oxygen atoms in total. The predicted molar refractivity (Wildman–Crippen MR) is 77.7 cm³/mol. The molecule has 2 aromatic rings. The highest BCUT2D eigenvalue weighted by atomic mass is 35.5. The number of esters is 1. The number of anilines is 1. The van der Waals surface area contributed by atoms with Crippen molar-refractivity contribution < 1.29 is 9.53 Å². The number of aryl methyl sites for hydroxylation is 1. The van der Waals surface area contributed by atoms with E-state index in [1.807, 2.05) is 12.3 Å². The van der Waals surface area contributed by atoms with Crippen LogP contribution in [0.3, 0.4) is 0 Å². The van der Waals surface area contributed by atoms with Crippen molar-refractivity contribution in [1.29, 1.82) is 0 Å². The molecular weight excluding hydrogens is 290 g/mol. The van der Waals surface area contributed by atoms with Crippen molar-refractivity contribution in [2.75, 3.05) is 12.3 Å².